The van der Waals surface area contributed by atoms with Crippen LogP contribution < -0.4 is 0 Å². The van der Waals surface area contributed by atoms with Crippen molar-refractivity contribution in [2.75, 3.05) is 0 Å². The molecule has 25 heavy (non-hydrogen) atoms. The van der Waals surface area contributed by atoms with Gasteiger partial charge in [0.1, 0.15) is 0 Å². The van der Waals surface area contributed by atoms with E-state index in [1.54, 1.807) is 12.1 Å². The normalized spacial score (nSPS) is 13.4. The van der Waals surface area contributed by atoms with Gasteiger partial charge >= 0.3 is 5.97 Å². The molecule has 0 fully saturated rings. The fourth-order valence-corrected chi connectivity index (χ4v) is 3.08. The Morgan fingerprint density at radius 1 is 0.920 bits per heavy atom. The SMILES string of the molecule is CCC(C)Cc1ccc(-c2ccc(C(=O)O)cc2)c(CC(C)CC)c1. The van der Waals surface area contributed by atoms with E-state index in [2.05, 4.69) is 45.9 Å². The zero-order chi connectivity index (χ0) is 18.4. The average Bonchev–Trinajstić information content (AvgIpc) is 2.61. The second-order valence-corrected chi connectivity index (χ2v) is 7.31. The smallest absolute Gasteiger partial charge is 0.335 e. The summed E-state index contributed by atoms with van der Waals surface area (Å²) in [5.74, 6) is 0.448. The Labute approximate surface area is 151 Å². The zero-order valence-electron chi connectivity index (χ0n) is 15.9. The molecule has 0 aliphatic carbocycles. The molecule has 0 aliphatic rings. The molecule has 0 aromatic heterocycles. The van der Waals surface area contributed by atoms with Crippen molar-refractivity contribution < 1.29 is 9.90 Å². The summed E-state index contributed by atoms with van der Waals surface area (Å²) in [6, 6.07) is 14.0. The Balaban J connectivity index is 2.39. The maximum absolute atomic E-state index is 11.1. The zero-order valence-corrected chi connectivity index (χ0v) is 15.9. The quantitative estimate of drug-likeness (QED) is 0.619. The number of rotatable bonds is 8. The highest BCUT2D eigenvalue weighted by molar-refractivity contribution is 5.88. The van der Waals surface area contributed by atoms with Crippen LogP contribution >= 0.6 is 0 Å². The first-order valence-corrected chi connectivity index (χ1v) is 9.40. The summed E-state index contributed by atoms with van der Waals surface area (Å²) in [6.07, 6.45) is 4.52. The van der Waals surface area contributed by atoms with Gasteiger partial charge in [0, 0.05) is 0 Å². The number of carbonyl (C=O) groups is 1. The minimum absolute atomic E-state index is 0.334. The van der Waals surface area contributed by atoms with Crippen molar-refractivity contribution in [3.63, 3.8) is 0 Å². The maximum atomic E-state index is 11.1. The number of carboxylic acid groups (broad SMARTS) is 1. The molecule has 2 heteroatoms. The van der Waals surface area contributed by atoms with E-state index in [0.717, 1.165) is 24.8 Å². The summed E-state index contributed by atoms with van der Waals surface area (Å²) >= 11 is 0. The third kappa shape index (κ3) is 5.19. The van der Waals surface area contributed by atoms with Crippen LogP contribution in [0, 0.1) is 11.8 Å². The molecule has 2 rings (SSSR count). The fourth-order valence-electron chi connectivity index (χ4n) is 3.08. The predicted molar refractivity (Wildman–Crippen MR) is 105 cm³/mol. The molecule has 134 valence electrons. The van der Waals surface area contributed by atoms with Gasteiger partial charge < -0.3 is 5.11 Å². The van der Waals surface area contributed by atoms with Crippen LogP contribution in [-0.4, -0.2) is 11.1 Å². The van der Waals surface area contributed by atoms with Crippen LogP contribution in [-0.2, 0) is 12.8 Å². The van der Waals surface area contributed by atoms with Gasteiger partial charge in [0.15, 0.2) is 0 Å². The van der Waals surface area contributed by atoms with Gasteiger partial charge in [0.05, 0.1) is 5.56 Å². The number of benzene rings is 2. The molecule has 2 aromatic rings. The molecule has 2 unspecified atom stereocenters. The van der Waals surface area contributed by atoms with E-state index in [0.29, 0.717) is 17.4 Å². The van der Waals surface area contributed by atoms with Crippen LogP contribution in [0.3, 0.4) is 0 Å². The summed E-state index contributed by atoms with van der Waals surface area (Å²) in [4.78, 5) is 11.1. The lowest BCUT2D eigenvalue weighted by molar-refractivity contribution is 0.0697. The van der Waals surface area contributed by atoms with Crippen molar-refractivity contribution >= 4 is 5.97 Å². The van der Waals surface area contributed by atoms with E-state index in [1.807, 2.05) is 12.1 Å². The average molecular weight is 338 g/mol. The largest absolute Gasteiger partial charge is 0.478 e. The molecule has 1 N–H and O–H groups in total. The van der Waals surface area contributed by atoms with Gasteiger partial charge in [-0.2, -0.15) is 0 Å². The molecular weight excluding hydrogens is 308 g/mol. The van der Waals surface area contributed by atoms with Crippen LogP contribution in [0.4, 0.5) is 0 Å². The molecule has 0 spiro atoms. The molecule has 2 nitrogen and oxygen atoms in total. The number of carboxylic acids is 1. The van der Waals surface area contributed by atoms with Crippen molar-refractivity contribution in [2.45, 2.75) is 53.4 Å². The van der Waals surface area contributed by atoms with Gasteiger partial charge in [-0.3, -0.25) is 0 Å². The van der Waals surface area contributed by atoms with E-state index in [1.165, 1.54) is 23.1 Å². The number of aromatic carboxylic acids is 1. The lowest BCUT2D eigenvalue weighted by atomic mass is 9.88. The van der Waals surface area contributed by atoms with Crippen molar-refractivity contribution in [3.05, 3.63) is 59.2 Å². The van der Waals surface area contributed by atoms with E-state index in [4.69, 9.17) is 5.11 Å². The highest BCUT2D eigenvalue weighted by Gasteiger charge is 2.12. The highest BCUT2D eigenvalue weighted by atomic mass is 16.4. The van der Waals surface area contributed by atoms with E-state index >= 15 is 0 Å². The summed E-state index contributed by atoms with van der Waals surface area (Å²) in [5, 5.41) is 9.10. The Kier molecular flexibility index (Phi) is 6.81. The Morgan fingerprint density at radius 2 is 1.52 bits per heavy atom. The van der Waals surface area contributed by atoms with Gasteiger partial charge in [-0.05, 0) is 59.1 Å². The number of hydrogen-bond acceptors (Lipinski definition) is 1. The standard InChI is InChI=1S/C23H30O2/c1-5-16(3)13-18-7-12-22(21(15-18)14-17(4)6-2)19-8-10-20(11-9-19)23(24)25/h7-12,15-17H,5-6,13-14H2,1-4H3,(H,24,25). The molecule has 0 bridgehead atoms. The van der Waals surface area contributed by atoms with Crippen molar-refractivity contribution in [3.8, 4) is 11.1 Å². The minimum atomic E-state index is -0.879. The number of hydrogen-bond donors (Lipinski definition) is 1. The summed E-state index contributed by atoms with van der Waals surface area (Å²) in [7, 11) is 0. The van der Waals surface area contributed by atoms with Crippen LogP contribution in [0.1, 0.15) is 62.0 Å². The van der Waals surface area contributed by atoms with Crippen LogP contribution in [0.5, 0.6) is 0 Å². The molecule has 0 saturated heterocycles. The van der Waals surface area contributed by atoms with Crippen molar-refractivity contribution in [2.24, 2.45) is 11.8 Å². The molecule has 0 amide bonds. The minimum Gasteiger partial charge on any atom is -0.478 e. The van der Waals surface area contributed by atoms with Gasteiger partial charge in [0.25, 0.3) is 0 Å². The second-order valence-electron chi connectivity index (χ2n) is 7.31. The van der Waals surface area contributed by atoms with Gasteiger partial charge in [0.2, 0.25) is 0 Å². The highest BCUT2D eigenvalue weighted by Crippen LogP contribution is 2.29. The van der Waals surface area contributed by atoms with Crippen LogP contribution in [0.15, 0.2) is 42.5 Å². The van der Waals surface area contributed by atoms with Gasteiger partial charge in [-0.1, -0.05) is 70.9 Å². The third-order valence-corrected chi connectivity index (χ3v) is 5.16. The van der Waals surface area contributed by atoms with Crippen molar-refractivity contribution in [1.29, 1.82) is 0 Å². The fraction of sp³-hybridized carbons (Fsp3) is 0.435. The third-order valence-electron chi connectivity index (χ3n) is 5.16. The Morgan fingerprint density at radius 3 is 2.08 bits per heavy atom. The maximum Gasteiger partial charge on any atom is 0.335 e. The van der Waals surface area contributed by atoms with Crippen LogP contribution in [0.25, 0.3) is 11.1 Å². The topological polar surface area (TPSA) is 37.3 Å². The van der Waals surface area contributed by atoms with E-state index in [-0.39, 0.29) is 0 Å². The Hall–Kier alpha value is -2.09. The summed E-state index contributed by atoms with van der Waals surface area (Å²) in [5.41, 5.74) is 5.43. The van der Waals surface area contributed by atoms with Gasteiger partial charge in [-0.15, -0.1) is 0 Å². The molecule has 0 radical (unpaired) electrons. The lowest BCUT2D eigenvalue weighted by Crippen LogP contribution is -2.03. The second kappa shape index (κ2) is 8.84. The molecule has 0 saturated carbocycles. The first-order valence-electron chi connectivity index (χ1n) is 9.40. The van der Waals surface area contributed by atoms with E-state index in [9.17, 15) is 4.79 Å². The summed E-state index contributed by atoms with van der Waals surface area (Å²) < 4.78 is 0. The monoisotopic (exact) mass is 338 g/mol. The van der Waals surface area contributed by atoms with Crippen molar-refractivity contribution in [1.82, 2.24) is 0 Å². The molecular formula is C23H30O2. The predicted octanol–water partition coefficient (Wildman–Crippen LogP) is 6.23. The van der Waals surface area contributed by atoms with E-state index < -0.39 is 5.97 Å². The summed E-state index contributed by atoms with van der Waals surface area (Å²) in [6.45, 7) is 9.06. The Bertz CT molecular complexity index is 701. The molecule has 0 heterocycles. The van der Waals surface area contributed by atoms with Crippen LogP contribution in [0.2, 0.25) is 0 Å². The lowest BCUT2D eigenvalue weighted by Gasteiger charge is -2.17. The van der Waals surface area contributed by atoms with Gasteiger partial charge in [-0.25, -0.2) is 4.79 Å². The first kappa shape index (κ1) is 19.2. The molecule has 2 aromatic carbocycles. The molecule has 0 aliphatic heterocycles. The first-order chi connectivity index (χ1) is 11.9. The molecule has 2 atom stereocenters.